The number of methoxy groups -OCH3 is 1. The molecule has 17 heavy (non-hydrogen) atoms. The Labute approximate surface area is 115 Å². The Morgan fingerprint density at radius 1 is 1.47 bits per heavy atom. The summed E-state index contributed by atoms with van der Waals surface area (Å²) in [5.41, 5.74) is 0.471. The molecule has 0 aliphatic rings. The van der Waals surface area contributed by atoms with E-state index < -0.39 is 0 Å². The van der Waals surface area contributed by atoms with Crippen LogP contribution < -0.4 is 10.1 Å². The van der Waals surface area contributed by atoms with Crippen LogP contribution in [0.2, 0.25) is 5.02 Å². The van der Waals surface area contributed by atoms with Gasteiger partial charge in [-0.2, -0.15) is 0 Å². The van der Waals surface area contributed by atoms with Crippen LogP contribution in [-0.2, 0) is 0 Å². The van der Waals surface area contributed by atoms with Crippen molar-refractivity contribution in [2.24, 2.45) is 0 Å². The molecule has 0 atom stereocenters. The maximum Gasteiger partial charge on any atom is 0.255 e. The molecule has 1 amide bonds. The summed E-state index contributed by atoms with van der Waals surface area (Å²) >= 11 is 9.20. The van der Waals surface area contributed by atoms with E-state index in [2.05, 4.69) is 21.2 Å². The molecule has 0 fully saturated rings. The van der Waals surface area contributed by atoms with Crippen LogP contribution in [0, 0.1) is 0 Å². The molecule has 1 N–H and O–H groups in total. The first-order chi connectivity index (χ1) is 8.19. The molecule has 5 heteroatoms. The van der Waals surface area contributed by atoms with Crippen molar-refractivity contribution in [2.75, 3.05) is 19.0 Å². The van der Waals surface area contributed by atoms with Gasteiger partial charge in [0.25, 0.3) is 5.91 Å². The van der Waals surface area contributed by atoms with Gasteiger partial charge in [0.2, 0.25) is 0 Å². The van der Waals surface area contributed by atoms with Crippen LogP contribution in [0.15, 0.2) is 18.2 Å². The SMILES string of the molecule is COc1ccc(Cl)cc1C(=O)NCCCCBr. The fraction of sp³-hybridized carbons (Fsp3) is 0.417. The number of amides is 1. The van der Waals surface area contributed by atoms with Gasteiger partial charge in [0, 0.05) is 16.9 Å². The molecule has 1 aromatic carbocycles. The van der Waals surface area contributed by atoms with Crippen molar-refractivity contribution >= 4 is 33.4 Å². The molecule has 0 aliphatic heterocycles. The molecule has 1 aromatic rings. The van der Waals surface area contributed by atoms with Crippen LogP contribution in [0.25, 0.3) is 0 Å². The standard InChI is InChI=1S/C12H15BrClNO2/c1-17-11-5-4-9(14)8-10(11)12(16)15-7-3-2-6-13/h4-5,8H,2-3,6-7H2,1H3,(H,15,16). The van der Waals surface area contributed by atoms with E-state index in [1.165, 1.54) is 7.11 Å². The average molecular weight is 321 g/mol. The fourth-order valence-electron chi connectivity index (χ4n) is 1.37. The molecule has 1 rings (SSSR count). The van der Waals surface area contributed by atoms with E-state index in [-0.39, 0.29) is 5.91 Å². The van der Waals surface area contributed by atoms with Gasteiger partial charge in [0.1, 0.15) is 5.75 Å². The third-order valence-electron chi connectivity index (χ3n) is 2.25. The smallest absolute Gasteiger partial charge is 0.255 e. The zero-order valence-electron chi connectivity index (χ0n) is 9.63. The monoisotopic (exact) mass is 319 g/mol. The van der Waals surface area contributed by atoms with Gasteiger partial charge in [-0.3, -0.25) is 4.79 Å². The lowest BCUT2D eigenvalue weighted by Gasteiger charge is -2.09. The summed E-state index contributed by atoms with van der Waals surface area (Å²) in [7, 11) is 1.53. The third-order valence-corrected chi connectivity index (χ3v) is 3.05. The molecule has 0 radical (unpaired) electrons. The van der Waals surface area contributed by atoms with Crippen molar-refractivity contribution in [2.45, 2.75) is 12.8 Å². The zero-order valence-corrected chi connectivity index (χ0v) is 12.0. The predicted octanol–water partition coefficient (Wildman–Crippen LogP) is 3.25. The molecule has 0 aliphatic carbocycles. The zero-order chi connectivity index (χ0) is 12.7. The van der Waals surface area contributed by atoms with Crippen LogP contribution in [-0.4, -0.2) is 24.9 Å². The molecular formula is C12H15BrClNO2. The lowest BCUT2D eigenvalue weighted by molar-refractivity contribution is 0.0950. The Balaban J connectivity index is 2.64. The van der Waals surface area contributed by atoms with Gasteiger partial charge in [-0.1, -0.05) is 27.5 Å². The van der Waals surface area contributed by atoms with Gasteiger partial charge in [0.05, 0.1) is 12.7 Å². The number of benzene rings is 1. The van der Waals surface area contributed by atoms with Crippen molar-refractivity contribution in [3.63, 3.8) is 0 Å². The van der Waals surface area contributed by atoms with Gasteiger partial charge in [0.15, 0.2) is 0 Å². The number of hydrogen-bond acceptors (Lipinski definition) is 2. The minimum atomic E-state index is -0.154. The number of nitrogens with one attached hydrogen (secondary N) is 1. The summed E-state index contributed by atoms with van der Waals surface area (Å²) in [4.78, 5) is 11.9. The molecular weight excluding hydrogens is 305 g/mol. The Morgan fingerprint density at radius 3 is 2.88 bits per heavy atom. The number of carbonyl (C=O) groups excluding carboxylic acids is 1. The second-order valence-corrected chi connectivity index (χ2v) is 4.73. The van der Waals surface area contributed by atoms with E-state index in [0.717, 1.165) is 18.2 Å². The van der Waals surface area contributed by atoms with E-state index in [0.29, 0.717) is 22.9 Å². The van der Waals surface area contributed by atoms with E-state index in [1.807, 2.05) is 0 Å². The number of unbranched alkanes of at least 4 members (excludes halogenated alkanes) is 1. The molecule has 94 valence electrons. The highest BCUT2D eigenvalue weighted by Gasteiger charge is 2.11. The van der Waals surface area contributed by atoms with Gasteiger partial charge in [-0.25, -0.2) is 0 Å². The van der Waals surface area contributed by atoms with Crippen LogP contribution >= 0.6 is 27.5 Å². The molecule has 0 aromatic heterocycles. The fourth-order valence-corrected chi connectivity index (χ4v) is 1.94. The molecule has 0 saturated heterocycles. The van der Waals surface area contributed by atoms with E-state index in [9.17, 15) is 4.79 Å². The number of carbonyl (C=O) groups is 1. The molecule has 0 spiro atoms. The first-order valence-corrected chi connectivity index (χ1v) is 6.86. The summed E-state index contributed by atoms with van der Waals surface area (Å²) in [6, 6.07) is 5.00. The lowest BCUT2D eigenvalue weighted by Crippen LogP contribution is -2.25. The first-order valence-electron chi connectivity index (χ1n) is 5.36. The van der Waals surface area contributed by atoms with Crippen LogP contribution in [0.1, 0.15) is 23.2 Å². The topological polar surface area (TPSA) is 38.3 Å². The number of alkyl halides is 1. The van der Waals surface area contributed by atoms with Gasteiger partial charge < -0.3 is 10.1 Å². The Morgan fingerprint density at radius 2 is 2.24 bits per heavy atom. The van der Waals surface area contributed by atoms with Crippen molar-refractivity contribution in [1.29, 1.82) is 0 Å². The minimum Gasteiger partial charge on any atom is -0.496 e. The highest BCUT2D eigenvalue weighted by atomic mass is 79.9. The van der Waals surface area contributed by atoms with E-state index in [4.69, 9.17) is 16.3 Å². The van der Waals surface area contributed by atoms with E-state index >= 15 is 0 Å². The van der Waals surface area contributed by atoms with E-state index in [1.54, 1.807) is 18.2 Å². The Kier molecular flexibility index (Phi) is 6.37. The third kappa shape index (κ3) is 4.56. The maximum absolute atomic E-state index is 11.9. The van der Waals surface area contributed by atoms with Crippen molar-refractivity contribution in [1.82, 2.24) is 5.32 Å². The van der Waals surface area contributed by atoms with Crippen molar-refractivity contribution < 1.29 is 9.53 Å². The Hall–Kier alpha value is -0.740. The summed E-state index contributed by atoms with van der Waals surface area (Å²) in [5.74, 6) is 0.381. The average Bonchev–Trinajstić information content (AvgIpc) is 2.34. The normalized spacial score (nSPS) is 10.1. The summed E-state index contributed by atoms with van der Waals surface area (Å²) in [6.45, 7) is 0.653. The molecule has 3 nitrogen and oxygen atoms in total. The first kappa shape index (κ1) is 14.3. The number of ether oxygens (including phenoxy) is 1. The summed E-state index contributed by atoms with van der Waals surface area (Å²) in [6.07, 6.45) is 1.98. The quantitative estimate of drug-likeness (QED) is 0.645. The van der Waals surface area contributed by atoms with Crippen molar-refractivity contribution in [3.05, 3.63) is 28.8 Å². The van der Waals surface area contributed by atoms with Crippen LogP contribution in [0.4, 0.5) is 0 Å². The van der Waals surface area contributed by atoms with Gasteiger partial charge in [-0.05, 0) is 31.0 Å². The number of halogens is 2. The largest absolute Gasteiger partial charge is 0.496 e. The maximum atomic E-state index is 11.9. The highest BCUT2D eigenvalue weighted by Crippen LogP contribution is 2.22. The number of hydrogen-bond donors (Lipinski definition) is 1. The summed E-state index contributed by atoms with van der Waals surface area (Å²) < 4.78 is 5.12. The molecule has 0 heterocycles. The Bertz CT molecular complexity index is 385. The van der Waals surface area contributed by atoms with Gasteiger partial charge >= 0.3 is 0 Å². The summed E-state index contributed by atoms with van der Waals surface area (Å²) in [5, 5.41) is 4.31. The molecule has 0 bridgehead atoms. The predicted molar refractivity (Wildman–Crippen MR) is 73.4 cm³/mol. The van der Waals surface area contributed by atoms with Crippen LogP contribution in [0.5, 0.6) is 5.75 Å². The second kappa shape index (κ2) is 7.56. The molecule has 0 unspecified atom stereocenters. The second-order valence-electron chi connectivity index (χ2n) is 3.50. The van der Waals surface area contributed by atoms with Crippen LogP contribution in [0.3, 0.4) is 0 Å². The highest BCUT2D eigenvalue weighted by molar-refractivity contribution is 9.09. The van der Waals surface area contributed by atoms with Crippen molar-refractivity contribution in [3.8, 4) is 5.75 Å². The molecule has 0 saturated carbocycles. The lowest BCUT2D eigenvalue weighted by atomic mass is 10.2. The van der Waals surface area contributed by atoms with Gasteiger partial charge in [-0.15, -0.1) is 0 Å². The number of rotatable bonds is 6. The minimum absolute atomic E-state index is 0.154.